The lowest BCUT2D eigenvalue weighted by Gasteiger charge is -2.26. The van der Waals surface area contributed by atoms with Gasteiger partial charge in [0, 0.05) is 52.7 Å². The third kappa shape index (κ3) is 7.32. The van der Waals surface area contributed by atoms with E-state index in [0.717, 1.165) is 61.5 Å². The smallest absolute Gasteiger partial charge is 0.311 e. The fourth-order valence-corrected chi connectivity index (χ4v) is 8.19. The average molecular weight is 690 g/mol. The Hall–Kier alpha value is -4.15. The van der Waals surface area contributed by atoms with Crippen molar-refractivity contribution in [3.63, 3.8) is 0 Å². The van der Waals surface area contributed by atoms with Crippen LogP contribution in [-0.4, -0.2) is 41.1 Å². The maximum atomic E-state index is 12.4. The highest BCUT2D eigenvalue weighted by Crippen LogP contribution is 2.47. The quantitative estimate of drug-likeness (QED) is 0.0676. The van der Waals surface area contributed by atoms with Gasteiger partial charge < -0.3 is 14.7 Å². The predicted molar refractivity (Wildman–Crippen MR) is 205 cm³/mol. The van der Waals surface area contributed by atoms with Gasteiger partial charge in [-0.25, -0.2) is 0 Å². The van der Waals surface area contributed by atoms with E-state index in [1.165, 1.54) is 28.1 Å². The molecule has 50 heavy (non-hydrogen) atoms. The number of fused-ring (bicyclic) bond motifs is 2. The van der Waals surface area contributed by atoms with Gasteiger partial charge in [0.05, 0.1) is 11.1 Å². The molecule has 3 aromatic carbocycles. The van der Waals surface area contributed by atoms with Gasteiger partial charge in [-0.05, 0) is 95.2 Å². The molecular weight excluding hydrogens is 640 g/mol. The fourth-order valence-electron chi connectivity index (χ4n) is 7.86. The van der Waals surface area contributed by atoms with Crippen LogP contribution in [0.1, 0.15) is 83.8 Å². The molecule has 0 amide bonds. The Morgan fingerprint density at radius 1 is 0.940 bits per heavy atom. The molecule has 0 spiro atoms. The summed E-state index contributed by atoms with van der Waals surface area (Å²) in [5.74, 6) is 0.511. The Balaban J connectivity index is 1.19. The topological polar surface area (TPSA) is 52.8 Å². The maximum Gasteiger partial charge on any atom is 0.311 e. The lowest BCUT2D eigenvalue weighted by atomic mass is 9.81. The van der Waals surface area contributed by atoms with Crippen LogP contribution < -0.4 is 9.64 Å². The molecule has 0 saturated heterocycles. The van der Waals surface area contributed by atoms with Crippen LogP contribution in [0.2, 0.25) is 0 Å². The number of unbranched alkanes of at least 4 members (excludes halogenated alkanes) is 2. The normalized spacial score (nSPS) is 19.1. The summed E-state index contributed by atoms with van der Waals surface area (Å²) < 4.78 is 7.72. The van der Waals surface area contributed by atoms with Crippen molar-refractivity contribution < 1.29 is 19.2 Å². The lowest BCUT2D eigenvalue weighted by Crippen LogP contribution is -2.28. The zero-order valence-electron chi connectivity index (χ0n) is 29.9. The number of anilines is 1. The van der Waals surface area contributed by atoms with Crippen molar-refractivity contribution in [2.75, 3.05) is 24.6 Å². The van der Waals surface area contributed by atoms with Crippen molar-refractivity contribution in [1.82, 2.24) is 0 Å². The zero-order chi connectivity index (χ0) is 35.3. The van der Waals surface area contributed by atoms with Gasteiger partial charge in [-0.15, -0.1) is 5.73 Å². The van der Waals surface area contributed by atoms with Gasteiger partial charge in [-0.1, -0.05) is 78.7 Å². The van der Waals surface area contributed by atoms with Gasteiger partial charge in [0.1, 0.15) is 12.4 Å². The fraction of sp³-hybridized carbons (Fsp3) is 0.386. The highest BCUT2D eigenvalue weighted by atomic mass is 35.5. The molecule has 2 aliphatic heterocycles. The Bertz CT molecular complexity index is 1880. The summed E-state index contributed by atoms with van der Waals surface area (Å²) in [5, 5.41) is 10.8. The predicted octanol–water partition coefficient (Wildman–Crippen LogP) is 9.91. The number of esters is 1. The van der Waals surface area contributed by atoms with E-state index in [9.17, 15) is 9.90 Å². The minimum Gasteiger partial charge on any atom is -0.427 e. The van der Waals surface area contributed by atoms with E-state index < -0.39 is 0 Å². The summed E-state index contributed by atoms with van der Waals surface area (Å²) in [6.07, 6.45) is 12.7. The molecule has 1 unspecified atom stereocenters. The molecule has 2 heterocycles. The van der Waals surface area contributed by atoms with Gasteiger partial charge in [-0.3, -0.25) is 4.79 Å². The number of benzene rings is 3. The highest BCUT2D eigenvalue weighted by Gasteiger charge is 2.44. The molecule has 1 aliphatic carbocycles. The molecular formula is C44H50ClN2O3+. The molecule has 3 aromatic rings. The molecule has 5 nitrogen and oxygen atoms in total. The number of nitrogens with zero attached hydrogens (tertiary/aromatic N) is 2. The van der Waals surface area contributed by atoms with Crippen LogP contribution >= 0.6 is 11.6 Å². The van der Waals surface area contributed by atoms with Crippen LogP contribution in [-0.2, 0) is 15.6 Å². The van der Waals surface area contributed by atoms with Gasteiger partial charge in [0.2, 0.25) is 5.69 Å². The molecule has 0 bridgehead atoms. The van der Waals surface area contributed by atoms with Crippen LogP contribution in [0.4, 0.5) is 11.4 Å². The molecule has 0 aromatic heterocycles. The van der Waals surface area contributed by atoms with Crippen LogP contribution in [0.3, 0.4) is 0 Å². The van der Waals surface area contributed by atoms with E-state index in [0.29, 0.717) is 18.7 Å². The van der Waals surface area contributed by atoms with Crippen LogP contribution in [0, 0.1) is 5.92 Å². The summed E-state index contributed by atoms with van der Waals surface area (Å²) in [6.45, 7) is 10.6. The number of aliphatic hydroxyl groups excluding tert-OH is 1. The van der Waals surface area contributed by atoms with E-state index in [2.05, 4.69) is 110 Å². The number of β-amino-alcohol motifs (C(OH)–C–C–N with tert-alkyl or cyclic N) is 1. The number of ether oxygens (including phenoxy) is 1. The Morgan fingerprint density at radius 3 is 2.44 bits per heavy atom. The summed E-state index contributed by atoms with van der Waals surface area (Å²) in [4.78, 5) is 14.8. The highest BCUT2D eigenvalue weighted by molar-refractivity contribution is 6.30. The molecule has 0 radical (unpaired) electrons. The van der Waals surface area contributed by atoms with E-state index in [-0.39, 0.29) is 29.3 Å². The first-order valence-corrected chi connectivity index (χ1v) is 18.5. The summed E-state index contributed by atoms with van der Waals surface area (Å²) in [7, 11) is 0. The number of aliphatic hydroxyl groups is 1. The first-order valence-electron chi connectivity index (χ1n) is 18.1. The Kier molecular flexibility index (Phi) is 11.0. The number of halogens is 1. The van der Waals surface area contributed by atoms with Crippen molar-refractivity contribution in [3.8, 4) is 5.75 Å². The largest absolute Gasteiger partial charge is 0.427 e. The number of carbonyl (C=O) groups is 1. The van der Waals surface area contributed by atoms with E-state index >= 15 is 0 Å². The van der Waals surface area contributed by atoms with E-state index in [1.54, 1.807) is 0 Å². The monoisotopic (exact) mass is 689 g/mol. The molecule has 260 valence electrons. The van der Waals surface area contributed by atoms with Crippen molar-refractivity contribution in [3.05, 3.63) is 130 Å². The van der Waals surface area contributed by atoms with E-state index in [1.807, 2.05) is 30.3 Å². The second kappa shape index (κ2) is 15.4. The van der Waals surface area contributed by atoms with Crippen LogP contribution in [0.15, 0.2) is 119 Å². The second-order valence-electron chi connectivity index (χ2n) is 14.7. The standard InChI is InChI=1S/C44H50ClN2O3/c1-43(2)35-20-10-12-22-37(35)46(29-14-6-9-24-41(49)50-34-18-7-5-8-19-34)39(43)27-25-32-16-15-17-33(42(32)45)26-28-40-44(3,4)36-21-11-13-23-38(36)47(40)30-31-48/h5,7-8,10-13,18-23,25-26,28,32,48H,6,9,14-17,24,29-31H2,1-4H3/q+1/b28-26+. The van der Waals surface area contributed by atoms with Crippen molar-refractivity contribution in [1.29, 1.82) is 0 Å². The molecule has 1 N–H and O–H groups in total. The van der Waals surface area contributed by atoms with Gasteiger partial charge in [0.15, 0.2) is 12.3 Å². The molecule has 3 aliphatic rings. The first kappa shape index (κ1) is 35.7. The zero-order valence-corrected chi connectivity index (χ0v) is 30.7. The number of hydrogen-bond donors (Lipinski definition) is 1. The molecule has 6 heteroatoms. The number of rotatable bonds is 12. The second-order valence-corrected chi connectivity index (χ2v) is 15.1. The minimum atomic E-state index is -0.198. The van der Waals surface area contributed by atoms with Gasteiger partial charge in [0.25, 0.3) is 0 Å². The Labute approximate surface area is 302 Å². The SMILES string of the molecule is CC1(C)C(=C=CC2CCCC(/C=C/C3=[N+](CCO)c4ccccc4C3(C)C)=C2Cl)N(CCCCCC(=O)Oc2ccccc2)c2ccccc21. The summed E-state index contributed by atoms with van der Waals surface area (Å²) in [5.41, 5.74) is 11.9. The average Bonchev–Trinajstić information content (AvgIpc) is 3.46. The summed E-state index contributed by atoms with van der Waals surface area (Å²) >= 11 is 7.20. The number of carbonyl (C=O) groups excluding carboxylic acids is 1. The van der Waals surface area contributed by atoms with Crippen LogP contribution in [0.25, 0.3) is 0 Å². The first-order chi connectivity index (χ1) is 24.1. The third-order valence-corrected chi connectivity index (χ3v) is 11.1. The van der Waals surface area contributed by atoms with Crippen molar-refractivity contribution >= 4 is 34.7 Å². The Morgan fingerprint density at radius 2 is 1.66 bits per heavy atom. The van der Waals surface area contributed by atoms with Crippen LogP contribution in [0.5, 0.6) is 5.75 Å². The molecule has 0 fully saturated rings. The summed E-state index contributed by atoms with van der Waals surface area (Å²) in [6, 6.07) is 26.4. The molecule has 6 rings (SSSR count). The van der Waals surface area contributed by atoms with Gasteiger partial charge in [-0.2, -0.15) is 4.58 Å². The van der Waals surface area contributed by atoms with E-state index in [4.69, 9.17) is 16.3 Å². The molecule has 0 saturated carbocycles. The lowest BCUT2D eigenvalue weighted by molar-refractivity contribution is -0.441. The number of allylic oxidation sites excluding steroid dienone is 5. The number of hydrogen-bond acceptors (Lipinski definition) is 4. The minimum absolute atomic E-state index is 0.0906. The third-order valence-electron chi connectivity index (χ3n) is 10.5. The van der Waals surface area contributed by atoms with Gasteiger partial charge >= 0.3 is 5.97 Å². The molecule has 1 atom stereocenters. The van der Waals surface area contributed by atoms with Crippen molar-refractivity contribution in [2.24, 2.45) is 5.92 Å². The number of para-hydroxylation sites is 3. The maximum absolute atomic E-state index is 12.4. The van der Waals surface area contributed by atoms with Crippen molar-refractivity contribution in [2.45, 2.75) is 83.5 Å².